The quantitative estimate of drug-likeness (QED) is 0.376. The van der Waals surface area contributed by atoms with Gasteiger partial charge >= 0.3 is 6.03 Å². The smallest absolute Gasteiger partial charge is 0.314 e. The Hall–Kier alpha value is -2.70. The number of aromatic amines is 1. The summed E-state index contributed by atoms with van der Waals surface area (Å²) in [5.41, 5.74) is 2.94. The molecular formula is C23H24Cl2N4O2. The molecule has 6 nitrogen and oxygen atoms in total. The molecule has 0 aliphatic heterocycles. The van der Waals surface area contributed by atoms with E-state index in [0.29, 0.717) is 29.7 Å². The molecule has 3 aromatic rings. The number of hydrogen-bond acceptors (Lipinski definition) is 2. The van der Waals surface area contributed by atoms with Gasteiger partial charge in [-0.05, 0) is 42.2 Å². The molecule has 31 heavy (non-hydrogen) atoms. The minimum absolute atomic E-state index is 0.0685. The van der Waals surface area contributed by atoms with Gasteiger partial charge in [-0.3, -0.25) is 4.79 Å². The number of halogens is 2. The highest BCUT2D eigenvalue weighted by Crippen LogP contribution is 2.35. The van der Waals surface area contributed by atoms with Crippen LogP contribution in [0.1, 0.15) is 29.9 Å². The van der Waals surface area contributed by atoms with E-state index in [1.807, 2.05) is 36.5 Å². The Labute approximate surface area is 190 Å². The first-order chi connectivity index (χ1) is 15.0. The fourth-order valence-electron chi connectivity index (χ4n) is 3.66. The fourth-order valence-corrected chi connectivity index (χ4v) is 4.20. The number of H-pyrrole nitrogens is 1. The van der Waals surface area contributed by atoms with Crippen LogP contribution in [-0.2, 0) is 4.79 Å². The Morgan fingerprint density at radius 3 is 2.55 bits per heavy atom. The molecule has 4 rings (SSSR count). The number of urea groups is 1. The molecule has 0 saturated heterocycles. The van der Waals surface area contributed by atoms with E-state index in [0.717, 1.165) is 34.9 Å². The third kappa shape index (κ3) is 5.32. The second kappa shape index (κ2) is 9.62. The van der Waals surface area contributed by atoms with Gasteiger partial charge < -0.3 is 20.9 Å². The molecule has 1 atom stereocenters. The predicted molar refractivity (Wildman–Crippen MR) is 124 cm³/mol. The minimum Gasteiger partial charge on any atom is -0.361 e. The Bertz CT molecular complexity index is 1090. The van der Waals surface area contributed by atoms with Crippen molar-refractivity contribution in [2.45, 2.75) is 18.8 Å². The number of nitrogens with one attached hydrogen (secondary N) is 4. The largest absolute Gasteiger partial charge is 0.361 e. The normalized spacial score (nSPS) is 14.3. The van der Waals surface area contributed by atoms with Gasteiger partial charge in [-0.25, -0.2) is 4.79 Å². The van der Waals surface area contributed by atoms with Crippen molar-refractivity contribution in [3.63, 3.8) is 0 Å². The van der Waals surface area contributed by atoms with Crippen molar-refractivity contribution in [3.8, 4) is 0 Å². The second-order valence-corrected chi connectivity index (χ2v) is 8.55. The standard InChI is InChI=1S/C23H24Cl2N4O2/c24-15-7-8-16(20(25)11-15)18(19-12-28-21-4-2-1-3-17(19)21)13-29-23(31)27-10-9-26-22(30)14-5-6-14/h1-4,7-8,11-12,14,18,28H,5-6,9-10,13H2,(H,26,30)(H2,27,29,31). The third-order valence-corrected chi connectivity index (χ3v) is 6.02. The van der Waals surface area contributed by atoms with Crippen LogP contribution in [0.25, 0.3) is 10.9 Å². The number of fused-ring (bicyclic) bond motifs is 1. The molecule has 8 heteroatoms. The summed E-state index contributed by atoms with van der Waals surface area (Å²) < 4.78 is 0. The summed E-state index contributed by atoms with van der Waals surface area (Å²) in [6.07, 6.45) is 3.87. The van der Waals surface area contributed by atoms with Crippen molar-refractivity contribution in [2.75, 3.05) is 19.6 Å². The average Bonchev–Trinajstić information content (AvgIpc) is 3.53. The van der Waals surface area contributed by atoms with Gasteiger partial charge in [0, 0.05) is 58.6 Å². The Morgan fingerprint density at radius 2 is 1.77 bits per heavy atom. The number of hydrogen-bond donors (Lipinski definition) is 4. The van der Waals surface area contributed by atoms with Crippen molar-refractivity contribution >= 4 is 46.0 Å². The highest BCUT2D eigenvalue weighted by Gasteiger charge is 2.29. The number of carbonyl (C=O) groups is 2. The number of benzene rings is 2. The van der Waals surface area contributed by atoms with Gasteiger partial charge in [-0.1, -0.05) is 47.5 Å². The number of amides is 3. The zero-order valence-electron chi connectivity index (χ0n) is 16.9. The van der Waals surface area contributed by atoms with Gasteiger partial charge in [0.05, 0.1) is 0 Å². The van der Waals surface area contributed by atoms with Gasteiger partial charge in [-0.15, -0.1) is 0 Å². The third-order valence-electron chi connectivity index (χ3n) is 5.46. The Balaban J connectivity index is 1.43. The summed E-state index contributed by atoms with van der Waals surface area (Å²) in [5, 5.41) is 10.7. The van der Waals surface area contributed by atoms with Crippen molar-refractivity contribution in [1.29, 1.82) is 0 Å². The van der Waals surface area contributed by atoms with Crippen molar-refractivity contribution < 1.29 is 9.59 Å². The monoisotopic (exact) mass is 458 g/mol. The highest BCUT2D eigenvalue weighted by molar-refractivity contribution is 6.35. The van der Waals surface area contributed by atoms with Crippen LogP contribution in [0.3, 0.4) is 0 Å². The van der Waals surface area contributed by atoms with E-state index in [1.165, 1.54) is 0 Å². The molecule has 0 radical (unpaired) electrons. The molecule has 1 aliphatic carbocycles. The minimum atomic E-state index is -0.296. The molecule has 162 valence electrons. The molecule has 1 fully saturated rings. The van der Waals surface area contributed by atoms with Crippen LogP contribution in [0.15, 0.2) is 48.7 Å². The first-order valence-corrected chi connectivity index (χ1v) is 11.1. The topological polar surface area (TPSA) is 86.0 Å². The zero-order valence-corrected chi connectivity index (χ0v) is 18.4. The average molecular weight is 459 g/mol. The molecule has 1 saturated carbocycles. The summed E-state index contributed by atoms with van der Waals surface area (Å²) >= 11 is 12.6. The van der Waals surface area contributed by atoms with Crippen molar-refractivity contribution in [2.24, 2.45) is 5.92 Å². The molecule has 0 spiro atoms. The number of para-hydroxylation sites is 1. The highest BCUT2D eigenvalue weighted by atomic mass is 35.5. The lowest BCUT2D eigenvalue weighted by molar-refractivity contribution is -0.122. The lowest BCUT2D eigenvalue weighted by Crippen LogP contribution is -2.41. The first kappa shape index (κ1) is 21.5. The second-order valence-electron chi connectivity index (χ2n) is 7.71. The first-order valence-electron chi connectivity index (χ1n) is 10.3. The molecule has 0 bridgehead atoms. The van der Waals surface area contributed by atoms with Gasteiger partial charge in [-0.2, -0.15) is 0 Å². The molecule has 1 aliphatic rings. The molecule has 1 heterocycles. The van der Waals surface area contributed by atoms with Gasteiger partial charge in [0.1, 0.15) is 0 Å². The summed E-state index contributed by atoms with van der Waals surface area (Å²) in [6, 6.07) is 13.1. The lowest BCUT2D eigenvalue weighted by atomic mass is 9.91. The van der Waals surface area contributed by atoms with Gasteiger partial charge in [0.25, 0.3) is 0 Å². The van der Waals surface area contributed by atoms with E-state index in [9.17, 15) is 9.59 Å². The molecule has 2 aromatic carbocycles. The molecule has 1 unspecified atom stereocenters. The molecule has 1 aromatic heterocycles. The van der Waals surface area contributed by atoms with Crippen molar-refractivity contribution in [3.05, 3.63) is 69.8 Å². The summed E-state index contributed by atoms with van der Waals surface area (Å²) in [5.74, 6) is 0.0649. The Morgan fingerprint density at radius 1 is 1.00 bits per heavy atom. The lowest BCUT2D eigenvalue weighted by Gasteiger charge is -2.20. The zero-order chi connectivity index (χ0) is 21.8. The van der Waals surface area contributed by atoms with Crippen LogP contribution >= 0.6 is 23.2 Å². The number of rotatable bonds is 8. The van der Waals surface area contributed by atoms with E-state index >= 15 is 0 Å². The SMILES string of the molecule is O=C(NCCNC(=O)C1CC1)NCC(c1ccc(Cl)cc1Cl)c1c[nH]c2ccccc12. The summed E-state index contributed by atoms with van der Waals surface area (Å²) in [6.45, 7) is 1.13. The van der Waals surface area contributed by atoms with E-state index in [4.69, 9.17) is 23.2 Å². The summed E-state index contributed by atoms with van der Waals surface area (Å²) in [7, 11) is 0. The number of aromatic nitrogens is 1. The van der Waals surface area contributed by atoms with Crippen LogP contribution in [0.2, 0.25) is 10.0 Å². The predicted octanol–water partition coefficient (Wildman–Crippen LogP) is 4.43. The van der Waals surface area contributed by atoms with Gasteiger partial charge in [0.2, 0.25) is 5.91 Å². The van der Waals surface area contributed by atoms with Crippen LogP contribution in [0.5, 0.6) is 0 Å². The van der Waals surface area contributed by atoms with E-state index < -0.39 is 0 Å². The van der Waals surface area contributed by atoms with Crippen LogP contribution in [-0.4, -0.2) is 36.6 Å². The van der Waals surface area contributed by atoms with Crippen LogP contribution in [0, 0.1) is 5.92 Å². The maximum atomic E-state index is 12.3. The maximum absolute atomic E-state index is 12.3. The molecule has 4 N–H and O–H groups in total. The van der Waals surface area contributed by atoms with Gasteiger partial charge in [0.15, 0.2) is 0 Å². The maximum Gasteiger partial charge on any atom is 0.314 e. The molecule has 3 amide bonds. The number of carbonyl (C=O) groups excluding carboxylic acids is 2. The van der Waals surface area contributed by atoms with E-state index in [2.05, 4.69) is 20.9 Å². The van der Waals surface area contributed by atoms with E-state index in [-0.39, 0.29) is 23.8 Å². The van der Waals surface area contributed by atoms with E-state index in [1.54, 1.807) is 12.1 Å². The van der Waals surface area contributed by atoms with Crippen molar-refractivity contribution in [1.82, 2.24) is 20.9 Å². The van der Waals surface area contributed by atoms with Crippen LogP contribution < -0.4 is 16.0 Å². The Kier molecular flexibility index (Phi) is 6.68. The van der Waals surface area contributed by atoms with Crippen LogP contribution in [0.4, 0.5) is 4.79 Å². The fraction of sp³-hybridized carbons (Fsp3) is 0.304. The summed E-state index contributed by atoms with van der Waals surface area (Å²) in [4.78, 5) is 27.3. The molecular weight excluding hydrogens is 435 g/mol.